The molecule has 1 amide bonds. The van der Waals surface area contributed by atoms with Crippen molar-refractivity contribution in [2.75, 3.05) is 13.1 Å². The van der Waals surface area contributed by atoms with Gasteiger partial charge in [0, 0.05) is 0 Å². The number of ether oxygens (including phenoxy) is 1. The van der Waals surface area contributed by atoms with Crippen molar-refractivity contribution in [3.8, 4) is 5.75 Å². The van der Waals surface area contributed by atoms with E-state index in [1.54, 1.807) is 0 Å². The van der Waals surface area contributed by atoms with E-state index < -0.39 is 31.5 Å². The van der Waals surface area contributed by atoms with Gasteiger partial charge in [0.05, 0.1) is 13.1 Å². The molecule has 0 unspecified atom stereocenters. The van der Waals surface area contributed by atoms with Crippen molar-refractivity contribution in [3.63, 3.8) is 0 Å². The highest BCUT2D eigenvalue weighted by molar-refractivity contribution is 7.12. The van der Waals surface area contributed by atoms with E-state index in [9.17, 15) is 22.4 Å². The molecule has 0 aliphatic carbocycles. The molecule has 110 valence electrons. The average Bonchev–Trinajstić information content (AvgIpc) is 2.73. The van der Waals surface area contributed by atoms with Crippen LogP contribution in [0.15, 0.2) is 11.4 Å². The molecule has 1 heterocycles. The molecule has 0 fully saturated rings. The number of nitrogens with one attached hydrogen (secondary N) is 1. The summed E-state index contributed by atoms with van der Waals surface area (Å²) in [6, 6.07) is 1.16. The quantitative estimate of drug-likeness (QED) is 0.788. The lowest BCUT2D eigenvalue weighted by molar-refractivity contribution is -0.0499. The van der Waals surface area contributed by atoms with Crippen molar-refractivity contribution in [1.29, 1.82) is 0 Å². The normalized spacial score (nSPS) is 11.1. The molecule has 0 radical (unpaired) electrons. The molecule has 0 aliphatic heterocycles. The monoisotopic (exact) mass is 322 g/mol. The van der Waals surface area contributed by atoms with Gasteiger partial charge in [0.2, 0.25) is 0 Å². The first-order chi connectivity index (χ1) is 8.35. The zero-order chi connectivity index (χ0) is 13.8. The summed E-state index contributed by atoms with van der Waals surface area (Å²) in [6.45, 7) is -4.97. The fourth-order valence-electron chi connectivity index (χ4n) is 1.01. The summed E-state index contributed by atoms with van der Waals surface area (Å²) < 4.78 is 53.6. The topological polar surface area (TPSA) is 64.3 Å². The van der Waals surface area contributed by atoms with Gasteiger partial charge >= 0.3 is 6.61 Å². The van der Waals surface area contributed by atoms with E-state index in [0.717, 1.165) is 17.4 Å². The molecule has 0 saturated heterocycles. The van der Waals surface area contributed by atoms with Gasteiger partial charge in [0.15, 0.2) is 0 Å². The van der Waals surface area contributed by atoms with Crippen molar-refractivity contribution in [2.24, 2.45) is 5.73 Å². The van der Waals surface area contributed by atoms with Crippen LogP contribution in [0.1, 0.15) is 9.67 Å². The minimum absolute atomic E-state index is 0. The van der Waals surface area contributed by atoms with E-state index in [0.29, 0.717) is 0 Å². The third-order valence-electron chi connectivity index (χ3n) is 1.86. The SMILES string of the molecule is Cl.NCC(F)(F)CNC(=O)c1sccc1OC(F)F. The third-order valence-corrected chi connectivity index (χ3v) is 2.75. The molecule has 19 heavy (non-hydrogen) atoms. The Morgan fingerprint density at radius 3 is 2.68 bits per heavy atom. The fraction of sp³-hybridized carbons (Fsp3) is 0.444. The first kappa shape index (κ1) is 17.9. The highest BCUT2D eigenvalue weighted by Gasteiger charge is 2.28. The molecule has 0 aromatic carbocycles. The number of rotatable bonds is 6. The molecule has 0 atom stereocenters. The minimum Gasteiger partial charge on any atom is -0.433 e. The van der Waals surface area contributed by atoms with Crippen molar-refractivity contribution in [1.82, 2.24) is 5.32 Å². The van der Waals surface area contributed by atoms with Gasteiger partial charge in [-0.1, -0.05) is 0 Å². The lowest BCUT2D eigenvalue weighted by Gasteiger charge is -2.14. The number of amides is 1. The number of halogens is 5. The van der Waals surface area contributed by atoms with E-state index in [1.165, 1.54) is 5.38 Å². The van der Waals surface area contributed by atoms with Gasteiger partial charge in [-0.25, -0.2) is 8.78 Å². The number of hydrogen-bond donors (Lipinski definition) is 2. The number of carbonyl (C=O) groups is 1. The van der Waals surface area contributed by atoms with Gasteiger partial charge in [0.25, 0.3) is 11.8 Å². The van der Waals surface area contributed by atoms with E-state index in [4.69, 9.17) is 5.73 Å². The second-order valence-electron chi connectivity index (χ2n) is 3.24. The van der Waals surface area contributed by atoms with Gasteiger partial charge in [-0.15, -0.1) is 23.7 Å². The van der Waals surface area contributed by atoms with Crippen molar-refractivity contribution in [3.05, 3.63) is 16.3 Å². The predicted octanol–water partition coefficient (Wildman–Crippen LogP) is 2.10. The summed E-state index contributed by atoms with van der Waals surface area (Å²) >= 11 is 0.811. The molecule has 3 N–H and O–H groups in total. The van der Waals surface area contributed by atoms with E-state index in [1.807, 2.05) is 5.32 Å². The van der Waals surface area contributed by atoms with Crippen LogP contribution in [-0.4, -0.2) is 31.5 Å². The van der Waals surface area contributed by atoms with Gasteiger partial charge in [0.1, 0.15) is 10.6 Å². The fourth-order valence-corrected chi connectivity index (χ4v) is 1.75. The zero-order valence-corrected chi connectivity index (χ0v) is 11.0. The Morgan fingerprint density at radius 2 is 2.16 bits per heavy atom. The van der Waals surface area contributed by atoms with Crippen LogP contribution in [0.5, 0.6) is 5.75 Å². The number of hydrogen-bond acceptors (Lipinski definition) is 4. The van der Waals surface area contributed by atoms with Crippen molar-refractivity contribution >= 4 is 29.7 Å². The molecule has 1 aromatic heterocycles. The summed E-state index contributed by atoms with van der Waals surface area (Å²) in [7, 11) is 0. The predicted molar refractivity (Wildman–Crippen MR) is 64.5 cm³/mol. The van der Waals surface area contributed by atoms with Crippen LogP contribution in [0.25, 0.3) is 0 Å². The lowest BCUT2D eigenvalue weighted by atomic mass is 10.3. The molecule has 10 heteroatoms. The van der Waals surface area contributed by atoms with E-state index in [2.05, 4.69) is 4.74 Å². The largest absolute Gasteiger partial charge is 0.433 e. The third kappa shape index (κ3) is 5.62. The van der Waals surface area contributed by atoms with Gasteiger partial charge in [-0.05, 0) is 11.4 Å². The lowest BCUT2D eigenvalue weighted by Crippen LogP contribution is -2.41. The Balaban J connectivity index is 0.00000324. The first-order valence-electron chi connectivity index (χ1n) is 4.74. The van der Waals surface area contributed by atoms with Crippen LogP contribution >= 0.6 is 23.7 Å². The van der Waals surface area contributed by atoms with Crippen molar-refractivity contribution < 1.29 is 27.1 Å². The van der Waals surface area contributed by atoms with Crippen LogP contribution in [-0.2, 0) is 0 Å². The number of alkyl halides is 4. The number of nitrogens with two attached hydrogens (primary N) is 1. The Kier molecular flexibility index (Phi) is 7.09. The average molecular weight is 323 g/mol. The summed E-state index contributed by atoms with van der Waals surface area (Å²) in [6.07, 6.45) is 0. The molecule has 0 saturated carbocycles. The van der Waals surface area contributed by atoms with Crippen LogP contribution in [0, 0.1) is 0 Å². The van der Waals surface area contributed by atoms with Gasteiger partial charge in [-0.3, -0.25) is 4.79 Å². The highest BCUT2D eigenvalue weighted by atomic mass is 35.5. The molecule has 0 spiro atoms. The van der Waals surface area contributed by atoms with Crippen LogP contribution in [0.2, 0.25) is 0 Å². The summed E-state index contributed by atoms with van der Waals surface area (Å²) in [5, 5.41) is 3.25. The number of carbonyl (C=O) groups excluding carboxylic acids is 1. The smallest absolute Gasteiger partial charge is 0.387 e. The Bertz CT molecular complexity index is 417. The molecule has 0 aliphatic rings. The van der Waals surface area contributed by atoms with Crippen LogP contribution < -0.4 is 15.8 Å². The van der Waals surface area contributed by atoms with Gasteiger partial charge < -0.3 is 15.8 Å². The number of thiophene rings is 1. The van der Waals surface area contributed by atoms with Crippen LogP contribution in [0.3, 0.4) is 0 Å². The Labute approximate surface area is 116 Å². The second-order valence-corrected chi connectivity index (χ2v) is 4.15. The Hall–Kier alpha value is -1.06. The standard InChI is InChI=1S/C9H10F4N2O2S.ClH/c10-8(11)17-5-1-2-18-6(5)7(16)15-4-9(12,13)3-14;/h1-2,8H,3-4,14H2,(H,15,16);1H. The van der Waals surface area contributed by atoms with Gasteiger partial charge in [-0.2, -0.15) is 8.78 Å². The maximum absolute atomic E-state index is 12.8. The highest BCUT2D eigenvalue weighted by Crippen LogP contribution is 2.26. The van der Waals surface area contributed by atoms with Crippen LogP contribution in [0.4, 0.5) is 17.6 Å². The molecule has 0 bridgehead atoms. The summed E-state index contributed by atoms with van der Waals surface area (Å²) in [4.78, 5) is 11.3. The van der Waals surface area contributed by atoms with Crippen molar-refractivity contribution in [2.45, 2.75) is 12.5 Å². The van der Waals surface area contributed by atoms with E-state index >= 15 is 0 Å². The molecule has 4 nitrogen and oxygen atoms in total. The molecular weight excluding hydrogens is 312 g/mol. The summed E-state index contributed by atoms with van der Waals surface area (Å²) in [5.74, 6) is -4.49. The Morgan fingerprint density at radius 1 is 1.53 bits per heavy atom. The molecule has 1 aromatic rings. The maximum Gasteiger partial charge on any atom is 0.387 e. The zero-order valence-electron chi connectivity index (χ0n) is 9.37. The minimum atomic E-state index is -3.24. The molecular formula is C9H11ClF4N2O2S. The second kappa shape index (κ2) is 7.51. The summed E-state index contributed by atoms with van der Waals surface area (Å²) in [5.41, 5.74) is 4.78. The first-order valence-corrected chi connectivity index (χ1v) is 5.62. The maximum atomic E-state index is 12.8. The molecule has 1 rings (SSSR count). The van der Waals surface area contributed by atoms with E-state index in [-0.39, 0.29) is 23.0 Å².